The number of hydrogen-bond acceptors (Lipinski definition) is 4. The molecule has 5 nitrogen and oxygen atoms in total. The van der Waals surface area contributed by atoms with Crippen molar-refractivity contribution in [3.63, 3.8) is 0 Å². The summed E-state index contributed by atoms with van der Waals surface area (Å²) < 4.78 is 5.93. The van der Waals surface area contributed by atoms with Crippen molar-refractivity contribution in [2.24, 2.45) is 0 Å². The fourth-order valence-corrected chi connectivity index (χ4v) is 3.65. The lowest BCUT2D eigenvalue weighted by atomic mass is 10.0. The number of esters is 1. The van der Waals surface area contributed by atoms with E-state index in [4.69, 9.17) is 10.5 Å². The van der Waals surface area contributed by atoms with E-state index in [1.165, 1.54) is 0 Å². The lowest BCUT2D eigenvalue weighted by Gasteiger charge is -2.18. The Bertz CT molecular complexity index is 1150. The third-order valence-electron chi connectivity index (χ3n) is 5.39. The summed E-state index contributed by atoms with van der Waals surface area (Å²) in [5.41, 5.74) is 10.5. The number of H-pyrrole nitrogens is 1. The smallest absolute Gasteiger partial charge is 0.338 e. The van der Waals surface area contributed by atoms with Gasteiger partial charge in [-0.2, -0.15) is 0 Å². The molecule has 0 fully saturated rings. The van der Waals surface area contributed by atoms with Crippen LogP contribution in [-0.2, 0) is 4.74 Å². The molecular formula is C26H27N3O2. The molecule has 5 heteroatoms. The van der Waals surface area contributed by atoms with Gasteiger partial charge in [0.1, 0.15) is 11.9 Å². The van der Waals surface area contributed by atoms with Crippen molar-refractivity contribution in [1.82, 2.24) is 9.97 Å². The number of carbonyl (C=O) groups excluding carboxylic acids is 1. The maximum absolute atomic E-state index is 12.9. The molecule has 3 N–H and O–H groups in total. The second-order valence-corrected chi connectivity index (χ2v) is 7.74. The summed E-state index contributed by atoms with van der Waals surface area (Å²) in [5, 5.41) is 0. The predicted octanol–water partition coefficient (Wildman–Crippen LogP) is 6.29. The van der Waals surface area contributed by atoms with Crippen LogP contribution in [-0.4, -0.2) is 15.9 Å². The first-order chi connectivity index (χ1) is 15.1. The number of ether oxygens (including phenoxy) is 1. The van der Waals surface area contributed by atoms with Crippen LogP contribution in [0, 0.1) is 0 Å². The Morgan fingerprint density at radius 2 is 1.81 bits per heavy atom. The zero-order chi connectivity index (χ0) is 21.6. The highest BCUT2D eigenvalue weighted by Gasteiger charge is 2.18. The molecule has 1 unspecified atom stereocenters. The number of aromatic amines is 1. The topological polar surface area (TPSA) is 81.0 Å². The van der Waals surface area contributed by atoms with Crippen molar-refractivity contribution in [1.29, 1.82) is 0 Å². The van der Waals surface area contributed by atoms with Crippen LogP contribution < -0.4 is 5.73 Å². The van der Waals surface area contributed by atoms with Gasteiger partial charge in [-0.05, 0) is 60.9 Å². The first kappa shape index (κ1) is 20.7. The Balaban J connectivity index is 1.55. The Labute approximate surface area is 182 Å². The molecule has 1 aromatic heterocycles. The van der Waals surface area contributed by atoms with Crippen molar-refractivity contribution in [3.8, 4) is 11.4 Å². The quantitative estimate of drug-likeness (QED) is 0.202. The maximum Gasteiger partial charge on any atom is 0.338 e. The molecule has 31 heavy (non-hydrogen) atoms. The highest BCUT2D eigenvalue weighted by molar-refractivity contribution is 5.94. The first-order valence-corrected chi connectivity index (χ1v) is 10.8. The minimum absolute atomic E-state index is 0.250. The molecule has 0 bridgehead atoms. The van der Waals surface area contributed by atoms with E-state index in [0.29, 0.717) is 11.3 Å². The van der Waals surface area contributed by atoms with Crippen LogP contribution in [0.15, 0.2) is 72.8 Å². The number of benzene rings is 3. The zero-order valence-electron chi connectivity index (χ0n) is 17.7. The van der Waals surface area contributed by atoms with E-state index in [2.05, 4.69) is 16.9 Å². The molecule has 158 valence electrons. The molecule has 0 saturated heterocycles. The monoisotopic (exact) mass is 413 g/mol. The summed E-state index contributed by atoms with van der Waals surface area (Å²) in [4.78, 5) is 20.9. The van der Waals surface area contributed by atoms with Gasteiger partial charge in [0.15, 0.2) is 0 Å². The summed E-state index contributed by atoms with van der Waals surface area (Å²) in [5.74, 6) is 0.409. The van der Waals surface area contributed by atoms with Crippen LogP contribution in [0.5, 0.6) is 0 Å². The molecule has 0 amide bonds. The normalized spacial score (nSPS) is 12.0. The van der Waals surface area contributed by atoms with E-state index < -0.39 is 0 Å². The highest BCUT2D eigenvalue weighted by atomic mass is 16.5. The second kappa shape index (κ2) is 9.47. The number of rotatable bonds is 8. The molecule has 0 aliphatic rings. The molecule has 1 atom stereocenters. The van der Waals surface area contributed by atoms with Crippen molar-refractivity contribution in [2.45, 2.75) is 38.7 Å². The summed E-state index contributed by atoms with van der Waals surface area (Å²) in [6, 6.07) is 22.9. The van der Waals surface area contributed by atoms with Gasteiger partial charge >= 0.3 is 5.97 Å². The summed E-state index contributed by atoms with van der Waals surface area (Å²) in [6.07, 6.45) is 3.83. The van der Waals surface area contributed by atoms with Gasteiger partial charge in [0.05, 0.1) is 16.6 Å². The fraction of sp³-hybridized carbons (Fsp3) is 0.231. The average Bonchev–Trinajstić information content (AvgIpc) is 3.23. The molecule has 0 saturated carbocycles. The maximum atomic E-state index is 12.9. The van der Waals surface area contributed by atoms with E-state index in [1.807, 2.05) is 60.7 Å². The van der Waals surface area contributed by atoms with E-state index in [0.717, 1.165) is 53.7 Å². The molecular weight excluding hydrogens is 386 g/mol. The number of nitrogens with one attached hydrogen (secondary N) is 1. The van der Waals surface area contributed by atoms with Gasteiger partial charge < -0.3 is 15.5 Å². The minimum atomic E-state index is -0.329. The van der Waals surface area contributed by atoms with Gasteiger partial charge in [-0.15, -0.1) is 0 Å². The lowest BCUT2D eigenvalue weighted by molar-refractivity contribution is 0.0271. The number of nitrogens with zero attached hydrogens (tertiary/aromatic N) is 1. The number of anilines is 1. The number of fused-ring (bicyclic) bond motifs is 1. The van der Waals surface area contributed by atoms with Crippen molar-refractivity contribution in [3.05, 3.63) is 83.9 Å². The number of unbranched alkanes of at least 4 members (excludes halogenated alkanes) is 2. The van der Waals surface area contributed by atoms with Crippen LogP contribution >= 0.6 is 0 Å². The molecule has 0 aliphatic heterocycles. The van der Waals surface area contributed by atoms with Crippen LogP contribution in [0.4, 0.5) is 5.69 Å². The second-order valence-electron chi connectivity index (χ2n) is 7.74. The van der Waals surface area contributed by atoms with Crippen molar-refractivity contribution < 1.29 is 9.53 Å². The first-order valence-electron chi connectivity index (χ1n) is 10.8. The van der Waals surface area contributed by atoms with E-state index in [-0.39, 0.29) is 12.1 Å². The van der Waals surface area contributed by atoms with Gasteiger partial charge in [0, 0.05) is 11.3 Å². The number of aromatic nitrogens is 2. The van der Waals surface area contributed by atoms with Gasteiger partial charge in [-0.1, -0.05) is 50.1 Å². The number of carbonyl (C=O) groups is 1. The fourth-order valence-electron chi connectivity index (χ4n) is 3.65. The molecule has 4 aromatic rings. The lowest BCUT2D eigenvalue weighted by Crippen LogP contribution is -2.12. The number of nitrogen functional groups attached to an aromatic ring is 1. The summed E-state index contributed by atoms with van der Waals surface area (Å²) in [6.45, 7) is 2.17. The predicted molar refractivity (Wildman–Crippen MR) is 125 cm³/mol. The number of hydrogen-bond donors (Lipinski definition) is 2. The molecule has 0 radical (unpaired) electrons. The number of imidazole rings is 1. The van der Waals surface area contributed by atoms with Crippen molar-refractivity contribution in [2.75, 3.05) is 5.73 Å². The summed E-state index contributed by atoms with van der Waals surface area (Å²) >= 11 is 0. The molecule has 3 aromatic carbocycles. The standard InChI is InChI=1S/C26H27N3O2/c1-2-3-5-10-24(18-8-6-4-7-9-18)31-26(30)20-13-16-22-23(17-20)29-25(28-22)19-11-14-21(27)15-12-19/h4,6-9,11-17,24H,2-3,5,10,27H2,1H3,(H,28,29). The largest absolute Gasteiger partial charge is 0.454 e. The molecule has 1 heterocycles. The Morgan fingerprint density at radius 3 is 2.55 bits per heavy atom. The van der Waals surface area contributed by atoms with Gasteiger partial charge in [0.2, 0.25) is 0 Å². The molecule has 0 aliphatic carbocycles. The van der Waals surface area contributed by atoms with Gasteiger partial charge in [-0.25, -0.2) is 9.78 Å². The third kappa shape index (κ3) is 4.94. The molecule has 0 spiro atoms. The highest BCUT2D eigenvalue weighted by Crippen LogP contribution is 2.27. The van der Waals surface area contributed by atoms with Crippen LogP contribution in [0.3, 0.4) is 0 Å². The van der Waals surface area contributed by atoms with Gasteiger partial charge in [0.25, 0.3) is 0 Å². The Morgan fingerprint density at radius 1 is 1.03 bits per heavy atom. The van der Waals surface area contributed by atoms with Gasteiger partial charge in [-0.3, -0.25) is 0 Å². The van der Waals surface area contributed by atoms with E-state index >= 15 is 0 Å². The number of nitrogens with two attached hydrogens (primary N) is 1. The average molecular weight is 414 g/mol. The van der Waals surface area contributed by atoms with Crippen LogP contribution in [0.25, 0.3) is 22.4 Å². The Kier molecular flexibility index (Phi) is 6.32. The van der Waals surface area contributed by atoms with E-state index in [1.54, 1.807) is 12.1 Å². The van der Waals surface area contributed by atoms with Crippen LogP contribution in [0.2, 0.25) is 0 Å². The Hall–Kier alpha value is -3.60. The summed E-state index contributed by atoms with van der Waals surface area (Å²) in [7, 11) is 0. The van der Waals surface area contributed by atoms with Crippen LogP contribution in [0.1, 0.15) is 54.6 Å². The minimum Gasteiger partial charge on any atom is -0.454 e. The SMILES string of the molecule is CCCCCC(OC(=O)c1ccc2[nH]c(-c3ccc(N)cc3)nc2c1)c1ccccc1. The third-order valence-corrected chi connectivity index (χ3v) is 5.39. The van der Waals surface area contributed by atoms with E-state index in [9.17, 15) is 4.79 Å². The zero-order valence-corrected chi connectivity index (χ0v) is 17.7. The molecule has 4 rings (SSSR count). The van der Waals surface area contributed by atoms with Crippen molar-refractivity contribution >= 4 is 22.7 Å².